The molecule has 37 heavy (non-hydrogen) atoms. The molecule has 2 aliphatic rings. The van der Waals surface area contributed by atoms with Crippen LogP contribution in [0.1, 0.15) is 22.9 Å². The number of aryl methyl sites for hydroxylation is 2. The lowest BCUT2D eigenvalue weighted by Gasteiger charge is -2.09. The Bertz CT molecular complexity index is 1350. The predicted molar refractivity (Wildman–Crippen MR) is 137 cm³/mol. The van der Waals surface area contributed by atoms with Crippen molar-refractivity contribution in [3.8, 4) is 23.0 Å². The van der Waals surface area contributed by atoms with Gasteiger partial charge in [0.15, 0.2) is 23.0 Å². The van der Waals surface area contributed by atoms with E-state index in [0.29, 0.717) is 23.2 Å². The molecular formula is C24H22N6O5S2. The molecule has 0 aliphatic carbocycles. The van der Waals surface area contributed by atoms with Gasteiger partial charge >= 0.3 is 12.2 Å². The van der Waals surface area contributed by atoms with E-state index in [0.717, 1.165) is 52.3 Å². The maximum Gasteiger partial charge on any atom is 0.322 e. The van der Waals surface area contributed by atoms with Gasteiger partial charge in [-0.15, -0.1) is 20.4 Å². The smallest absolute Gasteiger partial charge is 0.322 e. The number of para-hydroxylation sites is 4. The topological polar surface area (TPSA) is 130 Å². The molecule has 4 heterocycles. The number of fused-ring (bicyclic) bond motifs is 2. The summed E-state index contributed by atoms with van der Waals surface area (Å²) in [5.41, 5.74) is 0. The molecule has 13 heteroatoms. The lowest BCUT2D eigenvalue weighted by molar-refractivity contribution is -0.131. The van der Waals surface area contributed by atoms with Gasteiger partial charge < -0.3 is 24.3 Å². The van der Waals surface area contributed by atoms with Crippen molar-refractivity contribution in [2.24, 2.45) is 0 Å². The first-order valence-corrected chi connectivity index (χ1v) is 13.4. The van der Waals surface area contributed by atoms with Crippen LogP contribution < -0.4 is 29.6 Å². The fraction of sp³-hybridized carbons (Fsp3) is 0.292. The summed E-state index contributed by atoms with van der Waals surface area (Å²) in [4.78, 5) is 12.4. The van der Waals surface area contributed by atoms with Crippen LogP contribution in [0.15, 0.2) is 48.5 Å². The average Bonchev–Trinajstić information content (AvgIpc) is 3.71. The molecule has 2 aromatic heterocycles. The Morgan fingerprint density at radius 3 is 1.84 bits per heavy atom. The van der Waals surface area contributed by atoms with Crippen molar-refractivity contribution >= 4 is 38.8 Å². The van der Waals surface area contributed by atoms with Gasteiger partial charge in [0.1, 0.15) is 10.0 Å². The summed E-state index contributed by atoms with van der Waals surface area (Å²) in [7, 11) is 0. The van der Waals surface area contributed by atoms with Crippen LogP contribution >= 0.6 is 22.7 Å². The molecule has 0 fully saturated rings. The third-order valence-corrected chi connectivity index (χ3v) is 7.35. The van der Waals surface area contributed by atoms with Crippen LogP contribution in [0.25, 0.3) is 0 Å². The van der Waals surface area contributed by atoms with E-state index in [1.165, 1.54) is 22.7 Å². The molecule has 0 spiro atoms. The Labute approximate surface area is 219 Å². The summed E-state index contributed by atoms with van der Waals surface area (Å²) in [6, 6.07) is 14.8. The number of amides is 1. The van der Waals surface area contributed by atoms with Gasteiger partial charge in [0.05, 0.1) is 6.54 Å². The quantitative estimate of drug-likeness (QED) is 0.287. The normalized spacial score (nSPS) is 14.2. The number of unbranched alkanes of at least 4 members (excludes halogenated alkanes) is 1. The number of nitrogens with one attached hydrogen (secondary N) is 2. The Morgan fingerprint density at radius 2 is 1.24 bits per heavy atom. The summed E-state index contributed by atoms with van der Waals surface area (Å²) in [6.07, 6.45) is 2.00. The largest absolute Gasteiger partial charge is 0.449 e. The molecule has 4 aromatic rings. The van der Waals surface area contributed by atoms with Crippen molar-refractivity contribution in [2.45, 2.75) is 38.3 Å². The van der Waals surface area contributed by atoms with Gasteiger partial charge in [-0.05, 0) is 37.1 Å². The van der Waals surface area contributed by atoms with Crippen LogP contribution in [0.3, 0.4) is 0 Å². The van der Waals surface area contributed by atoms with Crippen LogP contribution in [-0.4, -0.2) is 45.4 Å². The Morgan fingerprint density at radius 1 is 0.730 bits per heavy atom. The van der Waals surface area contributed by atoms with E-state index < -0.39 is 12.2 Å². The Kier molecular flexibility index (Phi) is 6.69. The first kappa shape index (κ1) is 23.4. The molecule has 0 radical (unpaired) electrons. The number of anilines is 2. The fourth-order valence-corrected chi connectivity index (χ4v) is 5.33. The number of rotatable bonds is 10. The second kappa shape index (κ2) is 10.6. The molecule has 2 aromatic carbocycles. The Balaban J connectivity index is 0.895. The van der Waals surface area contributed by atoms with Crippen LogP contribution in [0.2, 0.25) is 0 Å². The van der Waals surface area contributed by atoms with E-state index in [-0.39, 0.29) is 6.29 Å². The summed E-state index contributed by atoms with van der Waals surface area (Å²) in [6.45, 7) is 0.477. The van der Waals surface area contributed by atoms with Gasteiger partial charge in [-0.25, -0.2) is 0 Å². The average molecular weight is 539 g/mol. The van der Waals surface area contributed by atoms with E-state index in [1.54, 1.807) is 12.1 Å². The molecule has 190 valence electrons. The van der Waals surface area contributed by atoms with Gasteiger partial charge in [0, 0.05) is 12.8 Å². The first-order valence-electron chi connectivity index (χ1n) is 11.7. The maximum atomic E-state index is 12.4. The molecule has 0 unspecified atom stereocenters. The lowest BCUT2D eigenvalue weighted by Crippen LogP contribution is -2.34. The minimum Gasteiger partial charge on any atom is -0.449 e. The van der Waals surface area contributed by atoms with Gasteiger partial charge in [0.25, 0.3) is 6.29 Å². The molecule has 0 atom stereocenters. The molecule has 0 saturated carbocycles. The predicted octanol–water partition coefficient (Wildman–Crippen LogP) is 3.90. The number of hydrogen-bond acceptors (Lipinski definition) is 12. The molecule has 2 N–H and O–H groups in total. The minimum absolute atomic E-state index is 0.388. The second-order valence-corrected chi connectivity index (χ2v) is 10.3. The summed E-state index contributed by atoms with van der Waals surface area (Å²) < 4.78 is 22.5. The standard InChI is InChI=1S/C24H22N6O5S2/c31-21(22-34-16-9-3-4-10-17(16)35-22)26-24-30-28-19(37-24)12-6-5-11-18-27-29-23(36-18)25-13-20-32-14-7-1-2-8-15(14)33-20/h1-4,7-10,20,22H,5-6,11-13H2,(H,25,29)(H,26,30,31). The van der Waals surface area contributed by atoms with Crippen molar-refractivity contribution in [3.05, 3.63) is 58.5 Å². The van der Waals surface area contributed by atoms with Gasteiger partial charge in [-0.2, -0.15) is 0 Å². The van der Waals surface area contributed by atoms with Crippen LogP contribution in [0.4, 0.5) is 10.3 Å². The molecule has 1 amide bonds. The number of nitrogens with zero attached hydrogens (tertiary/aromatic N) is 4. The van der Waals surface area contributed by atoms with Crippen molar-refractivity contribution in [1.82, 2.24) is 20.4 Å². The van der Waals surface area contributed by atoms with Crippen molar-refractivity contribution in [1.29, 1.82) is 0 Å². The molecule has 2 aliphatic heterocycles. The zero-order valence-corrected chi connectivity index (χ0v) is 21.1. The molecule has 6 rings (SSSR count). The van der Waals surface area contributed by atoms with Crippen molar-refractivity contribution < 1.29 is 23.7 Å². The van der Waals surface area contributed by atoms with Gasteiger partial charge in [0.2, 0.25) is 10.3 Å². The lowest BCUT2D eigenvalue weighted by atomic mass is 10.2. The number of ether oxygens (including phenoxy) is 4. The highest BCUT2D eigenvalue weighted by atomic mass is 32.1. The number of aromatic nitrogens is 4. The highest BCUT2D eigenvalue weighted by Gasteiger charge is 2.31. The minimum atomic E-state index is -1.04. The molecule has 0 bridgehead atoms. The zero-order valence-electron chi connectivity index (χ0n) is 19.5. The number of carbonyl (C=O) groups is 1. The molecule has 0 saturated heterocycles. The van der Waals surface area contributed by atoms with E-state index in [4.69, 9.17) is 18.9 Å². The van der Waals surface area contributed by atoms with E-state index >= 15 is 0 Å². The zero-order chi connectivity index (χ0) is 25.0. The molecular weight excluding hydrogens is 516 g/mol. The highest BCUT2D eigenvalue weighted by Crippen LogP contribution is 2.35. The number of hydrogen-bond donors (Lipinski definition) is 2. The number of benzene rings is 2. The van der Waals surface area contributed by atoms with E-state index in [1.807, 2.05) is 36.4 Å². The van der Waals surface area contributed by atoms with Gasteiger partial charge in [-0.3, -0.25) is 10.1 Å². The third-order valence-electron chi connectivity index (χ3n) is 5.51. The van der Waals surface area contributed by atoms with Gasteiger partial charge in [-0.1, -0.05) is 46.9 Å². The SMILES string of the molecule is O=C(Nc1nnc(CCCCc2nnc(NCC3Oc4ccccc4O3)s2)s1)C1Oc2ccccc2O1. The van der Waals surface area contributed by atoms with Crippen molar-refractivity contribution in [3.63, 3.8) is 0 Å². The van der Waals surface area contributed by atoms with Crippen LogP contribution in [-0.2, 0) is 17.6 Å². The second-order valence-electron chi connectivity index (χ2n) is 8.21. The first-order chi connectivity index (χ1) is 18.2. The van der Waals surface area contributed by atoms with Crippen molar-refractivity contribution in [2.75, 3.05) is 17.2 Å². The highest BCUT2D eigenvalue weighted by molar-refractivity contribution is 7.15. The monoisotopic (exact) mass is 538 g/mol. The summed E-state index contributed by atoms with van der Waals surface area (Å²) in [5.74, 6) is 2.17. The molecule has 11 nitrogen and oxygen atoms in total. The Hall–Kier alpha value is -3.97. The summed E-state index contributed by atoms with van der Waals surface area (Å²) >= 11 is 2.87. The fourth-order valence-electron chi connectivity index (χ4n) is 3.76. The van der Waals surface area contributed by atoms with E-state index in [2.05, 4.69) is 31.0 Å². The van der Waals surface area contributed by atoms with E-state index in [9.17, 15) is 4.79 Å². The van der Waals surface area contributed by atoms with Crippen LogP contribution in [0, 0.1) is 0 Å². The third kappa shape index (κ3) is 5.57. The van der Waals surface area contributed by atoms with Crippen LogP contribution in [0.5, 0.6) is 23.0 Å². The maximum absolute atomic E-state index is 12.4. The summed E-state index contributed by atoms with van der Waals surface area (Å²) in [5, 5.41) is 25.6. The number of carbonyl (C=O) groups excluding carboxylic acids is 1.